The van der Waals surface area contributed by atoms with Gasteiger partial charge in [-0.3, -0.25) is 0 Å². The molecule has 0 aliphatic rings. The van der Waals surface area contributed by atoms with Gasteiger partial charge >= 0.3 is 0 Å². The van der Waals surface area contributed by atoms with E-state index in [0.29, 0.717) is 0 Å². The lowest BCUT2D eigenvalue weighted by atomic mass is 9.94. The van der Waals surface area contributed by atoms with Gasteiger partial charge in [0, 0.05) is 36.9 Å². The lowest BCUT2D eigenvalue weighted by Crippen LogP contribution is -2.11. The Bertz CT molecular complexity index is 2510. The predicted octanol–water partition coefficient (Wildman–Crippen LogP) is 12.7. The maximum Gasteiger partial charge on any atom is 0.0552 e. The summed E-state index contributed by atoms with van der Waals surface area (Å²) >= 11 is 1.87. The lowest BCUT2D eigenvalue weighted by molar-refractivity contribution is 1.31. The van der Waals surface area contributed by atoms with Crippen molar-refractivity contribution in [1.29, 1.82) is 0 Å². The van der Waals surface area contributed by atoms with Crippen molar-refractivity contribution in [3.05, 3.63) is 164 Å². The summed E-state index contributed by atoms with van der Waals surface area (Å²) in [5.74, 6) is 0. The van der Waals surface area contributed by atoms with Crippen LogP contribution in [0.4, 0.5) is 17.1 Å². The fourth-order valence-electron chi connectivity index (χ4n) is 6.77. The molecule has 0 spiro atoms. The molecule has 9 aromatic rings. The Morgan fingerprint density at radius 2 is 1.02 bits per heavy atom. The van der Waals surface area contributed by atoms with Crippen molar-refractivity contribution in [2.75, 3.05) is 4.90 Å². The van der Waals surface area contributed by atoms with Crippen molar-refractivity contribution >= 4 is 80.9 Å². The van der Waals surface area contributed by atoms with Gasteiger partial charge in [-0.1, -0.05) is 127 Å². The fourth-order valence-corrected chi connectivity index (χ4v) is 7.91. The number of fused-ring (bicyclic) bond motifs is 8. The number of nitrogens with zero attached hydrogens (tertiary/aromatic N) is 1. The number of hydrogen-bond donors (Lipinski definition) is 0. The van der Waals surface area contributed by atoms with Gasteiger partial charge in [0.1, 0.15) is 0 Å². The number of rotatable bonds is 4. The average Bonchev–Trinajstić information content (AvgIpc) is 3.47. The van der Waals surface area contributed by atoms with E-state index in [2.05, 4.69) is 169 Å². The zero-order valence-electron chi connectivity index (χ0n) is 23.9. The molecule has 44 heavy (non-hydrogen) atoms. The average molecular weight is 578 g/mol. The summed E-state index contributed by atoms with van der Waals surface area (Å²) in [6, 6.07) is 59.8. The molecule has 0 unspecified atom stereocenters. The van der Waals surface area contributed by atoms with Gasteiger partial charge in [0.15, 0.2) is 0 Å². The molecule has 0 amide bonds. The summed E-state index contributed by atoms with van der Waals surface area (Å²) in [5.41, 5.74) is 5.88. The zero-order chi connectivity index (χ0) is 29.0. The molecule has 0 fully saturated rings. The molecule has 206 valence electrons. The van der Waals surface area contributed by atoms with Crippen LogP contribution in [0.1, 0.15) is 0 Å². The lowest BCUT2D eigenvalue weighted by Gasteiger charge is -2.28. The van der Waals surface area contributed by atoms with Crippen LogP contribution < -0.4 is 4.90 Å². The smallest absolute Gasteiger partial charge is 0.0552 e. The minimum Gasteiger partial charge on any atom is -0.310 e. The van der Waals surface area contributed by atoms with E-state index in [-0.39, 0.29) is 0 Å². The highest BCUT2D eigenvalue weighted by Gasteiger charge is 2.20. The van der Waals surface area contributed by atoms with Crippen LogP contribution in [0.5, 0.6) is 0 Å². The van der Waals surface area contributed by atoms with Crippen LogP contribution in [-0.4, -0.2) is 0 Å². The largest absolute Gasteiger partial charge is 0.310 e. The second-order valence-corrected chi connectivity index (χ2v) is 12.4. The molecule has 0 saturated heterocycles. The molecule has 0 N–H and O–H groups in total. The second-order valence-electron chi connectivity index (χ2n) is 11.4. The quantitative estimate of drug-likeness (QED) is 0.188. The minimum atomic E-state index is 1.14. The number of hydrogen-bond acceptors (Lipinski definition) is 2. The van der Waals surface area contributed by atoms with Gasteiger partial charge in [-0.25, -0.2) is 0 Å². The molecule has 0 aliphatic carbocycles. The first-order valence-corrected chi connectivity index (χ1v) is 15.8. The molecule has 0 saturated carbocycles. The molecule has 9 rings (SSSR count). The van der Waals surface area contributed by atoms with Crippen LogP contribution in [0.3, 0.4) is 0 Å². The first-order chi connectivity index (χ1) is 21.8. The number of anilines is 3. The van der Waals surface area contributed by atoms with Gasteiger partial charge < -0.3 is 4.90 Å². The van der Waals surface area contributed by atoms with Crippen LogP contribution in [0, 0.1) is 0 Å². The predicted molar refractivity (Wildman–Crippen MR) is 192 cm³/mol. The van der Waals surface area contributed by atoms with E-state index in [1.165, 1.54) is 69.3 Å². The molecule has 1 aromatic heterocycles. The highest BCUT2D eigenvalue weighted by Crippen LogP contribution is 2.46. The van der Waals surface area contributed by atoms with Crippen molar-refractivity contribution in [2.45, 2.75) is 0 Å². The second kappa shape index (κ2) is 10.1. The van der Waals surface area contributed by atoms with Gasteiger partial charge in [0.25, 0.3) is 0 Å². The first-order valence-electron chi connectivity index (χ1n) is 15.0. The molecule has 0 bridgehead atoms. The maximum absolute atomic E-state index is 2.47. The minimum absolute atomic E-state index is 1.14. The van der Waals surface area contributed by atoms with Gasteiger partial charge in [0.2, 0.25) is 0 Å². The third-order valence-electron chi connectivity index (χ3n) is 8.80. The third kappa shape index (κ3) is 4.00. The molecular formula is C42H27NS. The van der Waals surface area contributed by atoms with E-state index in [0.717, 1.165) is 11.4 Å². The van der Waals surface area contributed by atoms with Crippen LogP contribution in [0.15, 0.2) is 164 Å². The Morgan fingerprint density at radius 1 is 0.364 bits per heavy atom. The van der Waals surface area contributed by atoms with Crippen LogP contribution in [0.25, 0.3) is 63.6 Å². The van der Waals surface area contributed by atoms with Crippen LogP contribution in [-0.2, 0) is 0 Å². The van der Waals surface area contributed by atoms with Gasteiger partial charge in [0.05, 0.1) is 5.69 Å². The summed E-state index contributed by atoms with van der Waals surface area (Å²) < 4.78 is 2.61. The highest BCUT2D eigenvalue weighted by molar-refractivity contribution is 7.25. The normalized spacial score (nSPS) is 11.6. The summed E-state index contributed by atoms with van der Waals surface area (Å²) in [7, 11) is 0. The SMILES string of the molecule is c1ccc(-c2cccc(N(c3ccc4c(c3)sc3ccccc34)c3cc4ccccc4c4ccc5ccccc5c34)c2)cc1. The Morgan fingerprint density at radius 3 is 1.91 bits per heavy atom. The van der Waals surface area contributed by atoms with E-state index < -0.39 is 0 Å². The molecule has 1 heterocycles. The van der Waals surface area contributed by atoms with Crippen molar-refractivity contribution < 1.29 is 0 Å². The molecule has 0 radical (unpaired) electrons. The van der Waals surface area contributed by atoms with Gasteiger partial charge in [-0.2, -0.15) is 0 Å². The Hall–Kier alpha value is -5.44. The molecule has 0 atom stereocenters. The summed E-state index contributed by atoms with van der Waals surface area (Å²) in [6.07, 6.45) is 0. The molecule has 1 nitrogen and oxygen atoms in total. The Kier molecular flexibility index (Phi) is 5.75. The monoisotopic (exact) mass is 577 g/mol. The number of thiophene rings is 1. The Labute approximate surface area is 259 Å². The first kappa shape index (κ1) is 25.1. The number of benzene rings is 8. The van der Waals surface area contributed by atoms with Crippen molar-refractivity contribution in [3.63, 3.8) is 0 Å². The van der Waals surface area contributed by atoms with Crippen molar-refractivity contribution in [3.8, 4) is 11.1 Å². The molecular weight excluding hydrogens is 551 g/mol. The Balaban J connectivity index is 1.39. The van der Waals surface area contributed by atoms with E-state index in [4.69, 9.17) is 0 Å². The van der Waals surface area contributed by atoms with Gasteiger partial charge in [-0.05, 0) is 74.5 Å². The van der Waals surface area contributed by atoms with Crippen LogP contribution >= 0.6 is 11.3 Å². The summed E-state index contributed by atoms with van der Waals surface area (Å²) in [6.45, 7) is 0. The maximum atomic E-state index is 2.47. The van der Waals surface area contributed by atoms with Crippen molar-refractivity contribution in [2.24, 2.45) is 0 Å². The standard InChI is InChI=1S/C42H27NS/c1-2-11-28(12-3-1)30-15-10-16-32(25-30)43(33-22-24-37-36-19-8-9-20-40(36)44-41(37)27-33)39-26-31-14-5-6-17-34(31)38-23-21-29-13-4-7-18-35(29)42(38)39/h1-27H. The fraction of sp³-hybridized carbons (Fsp3) is 0. The summed E-state index contributed by atoms with van der Waals surface area (Å²) in [4.78, 5) is 2.47. The van der Waals surface area contributed by atoms with Gasteiger partial charge in [-0.15, -0.1) is 11.3 Å². The van der Waals surface area contributed by atoms with Crippen LogP contribution in [0.2, 0.25) is 0 Å². The summed E-state index contributed by atoms with van der Waals surface area (Å²) in [5, 5.41) is 10.2. The highest BCUT2D eigenvalue weighted by atomic mass is 32.1. The molecule has 2 heteroatoms. The van der Waals surface area contributed by atoms with E-state index >= 15 is 0 Å². The van der Waals surface area contributed by atoms with E-state index in [1.54, 1.807) is 0 Å². The topological polar surface area (TPSA) is 3.24 Å². The van der Waals surface area contributed by atoms with Crippen molar-refractivity contribution in [1.82, 2.24) is 0 Å². The van der Waals surface area contributed by atoms with E-state index in [9.17, 15) is 0 Å². The molecule has 8 aromatic carbocycles. The zero-order valence-corrected chi connectivity index (χ0v) is 24.8. The van der Waals surface area contributed by atoms with E-state index in [1.807, 2.05) is 11.3 Å². The third-order valence-corrected chi connectivity index (χ3v) is 9.93. The molecule has 0 aliphatic heterocycles.